The predicted octanol–water partition coefficient (Wildman–Crippen LogP) is 2.29. The van der Waals surface area contributed by atoms with Crippen LogP contribution in [0.2, 0.25) is 0 Å². The Kier molecular flexibility index (Phi) is 6.52. The molecule has 1 aliphatic heterocycles. The van der Waals surface area contributed by atoms with Gasteiger partial charge in [-0.2, -0.15) is 0 Å². The molecule has 0 bridgehead atoms. The molecule has 0 saturated carbocycles. The number of nitrogens with one attached hydrogen (secondary N) is 1. The fourth-order valence-electron chi connectivity index (χ4n) is 3.19. The average molecular weight is 390 g/mol. The van der Waals surface area contributed by atoms with Gasteiger partial charge in [-0.05, 0) is 31.8 Å². The molecule has 1 aromatic heterocycles. The number of benzene rings is 1. The molecule has 1 fully saturated rings. The lowest BCUT2D eigenvalue weighted by molar-refractivity contribution is 0.189. The summed E-state index contributed by atoms with van der Waals surface area (Å²) >= 11 is 1.64. The maximum Gasteiger partial charge on any atom is 0.317 e. The van der Waals surface area contributed by atoms with Crippen molar-refractivity contribution >= 4 is 22.5 Å². The summed E-state index contributed by atoms with van der Waals surface area (Å²) in [4.78, 5) is 23.2. The number of urea groups is 1. The third-order valence-corrected chi connectivity index (χ3v) is 5.66. The van der Waals surface area contributed by atoms with Crippen LogP contribution < -0.4 is 15.0 Å². The Morgan fingerprint density at radius 1 is 1.26 bits per heavy atom. The first-order valence-corrected chi connectivity index (χ1v) is 9.94. The van der Waals surface area contributed by atoms with E-state index in [1.54, 1.807) is 18.4 Å². The first-order chi connectivity index (χ1) is 13.1. The number of ether oxygens (including phenoxy) is 1. The number of carbonyl (C=O) groups is 1. The Balaban J connectivity index is 1.52. The van der Waals surface area contributed by atoms with Gasteiger partial charge in [-0.25, -0.2) is 9.78 Å². The Hall–Kier alpha value is -2.32. The molecule has 8 heteroatoms. The number of methoxy groups -OCH3 is 1. The third-order valence-electron chi connectivity index (χ3n) is 4.83. The molecular formula is C19H27N5O2S. The molecule has 1 atom stereocenters. The number of hydrogen-bond acceptors (Lipinski definition) is 6. The molecule has 27 heavy (non-hydrogen) atoms. The van der Waals surface area contributed by atoms with Gasteiger partial charge in [0.1, 0.15) is 5.75 Å². The van der Waals surface area contributed by atoms with E-state index in [1.165, 1.54) is 0 Å². The molecule has 7 nitrogen and oxygen atoms in total. The SMILES string of the molecule is COc1ccc(C(CNC(=O)N2CCN(c3nccs3)CC2)N(C)C)cc1. The summed E-state index contributed by atoms with van der Waals surface area (Å²) in [5.41, 5.74) is 1.15. The standard InChI is InChI=1S/C19H27N5O2S/c1-22(2)17(15-4-6-16(26-3)7-5-15)14-21-18(25)23-9-11-24(12-10-23)19-20-8-13-27-19/h4-8,13,17H,9-12,14H2,1-3H3,(H,21,25). The summed E-state index contributed by atoms with van der Waals surface area (Å²) in [5, 5.41) is 6.10. The molecular weight excluding hydrogens is 362 g/mol. The number of carbonyl (C=O) groups excluding carboxylic acids is 1. The van der Waals surface area contributed by atoms with Gasteiger partial charge in [0.25, 0.3) is 0 Å². The van der Waals surface area contributed by atoms with Crippen LogP contribution in [0.5, 0.6) is 5.75 Å². The lowest BCUT2D eigenvalue weighted by atomic mass is 10.1. The van der Waals surface area contributed by atoms with E-state index >= 15 is 0 Å². The van der Waals surface area contributed by atoms with Crippen LogP contribution in [0.4, 0.5) is 9.93 Å². The predicted molar refractivity (Wildman–Crippen MR) is 109 cm³/mol. The highest BCUT2D eigenvalue weighted by molar-refractivity contribution is 7.13. The van der Waals surface area contributed by atoms with Gasteiger partial charge in [-0.1, -0.05) is 12.1 Å². The zero-order valence-electron chi connectivity index (χ0n) is 16.1. The van der Waals surface area contributed by atoms with Gasteiger partial charge in [-0.15, -0.1) is 11.3 Å². The zero-order valence-corrected chi connectivity index (χ0v) is 16.9. The highest BCUT2D eigenvalue weighted by Crippen LogP contribution is 2.21. The van der Waals surface area contributed by atoms with E-state index in [0.29, 0.717) is 19.6 Å². The number of thiazole rings is 1. The topological polar surface area (TPSA) is 60.9 Å². The number of hydrogen-bond donors (Lipinski definition) is 1. The Morgan fingerprint density at radius 3 is 2.52 bits per heavy atom. The van der Waals surface area contributed by atoms with Gasteiger partial charge in [0, 0.05) is 44.3 Å². The summed E-state index contributed by atoms with van der Waals surface area (Å²) in [7, 11) is 5.70. The van der Waals surface area contributed by atoms with Gasteiger partial charge >= 0.3 is 6.03 Å². The molecule has 1 aliphatic rings. The van der Waals surface area contributed by atoms with Crippen LogP contribution in [-0.4, -0.2) is 74.7 Å². The van der Waals surface area contributed by atoms with Crippen LogP contribution in [0, 0.1) is 0 Å². The number of anilines is 1. The fraction of sp³-hybridized carbons (Fsp3) is 0.474. The maximum atomic E-state index is 12.6. The van der Waals surface area contributed by atoms with Crippen LogP contribution in [0.3, 0.4) is 0 Å². The van der Waals surface area contributed by atoms with Crippen LogP contribution in [0.25, 0.3) is 0 Å². The van der Waals surface area contributed by atoms with E-state index in [-0.39, 0.29) is 12.1 Å². The summed E-state index contributed by atoms with van der Waals surface area (Å²) in [6, 6.07) is 8.09. The molecule has 146 valence electrons. The van der Waals surface area contributed by atoms with Crippen molar-refractivity contribution in [2.45, 2.75) is 6.04 Å². The Labute approximate surface area is 164 Å². The second-order valence-electron chi connectivity index (χ2n) is 6.73. The van der Waals surface area contributed by atoms with Gasteiger partial charge < -0.3 is 24.8 Å². The normalized spacial score (nSPS) is 15.7. The minimum atomic E-state index is -0.00542. The molecule has 0 radical (unpaired) electrons. The van der Waals surface area contributed by atoms with Crippen molar-refractivity contribution in [3.05, 3.63) is 41.4 Å². The van der Waals surface area contributed by atoms with Gasteiger partial charge in [0.15, 0.2) is 5.13 Å². The quantitative estimate of drug-likeness (QED) is 0.821. The van der Waals surface area contributed by atoms with Gasteiger partial charge in [0.2, 0.25) is 0 Å². The van der Waals surface area contributed by atoms with Crippen LogP contribution >= 0.6 is 11.3 Å². The maximum absolute atomic E-state index is 12.6. The van der Waals surface area contributed by atoms with Crippen molar-refractivity contribution in [2.75, 3.05) is 58.8 Å². The molecule has 0 spiro atoms. The summed E-state index contributed by atoms with van der Waals surface area (Å²) in [6.07, 6.45) is 1.82. The zero-order chi connectivity index (χ0) is 19.2. The monoisotopic (exact) mass is 389 g/mol. The lowest BCUT2D eigenvalue weighted by Crippen LogP contribution is -2.52. The molecule has 2 amide bonds. The molecule has 1 unspecified atom stereocenters. The molecule has 3 rings (SSSR count). The number of piperazine rings is 1. The van der Waals surface area contributed by atoms with Crippen molar-refractivity contribution in [3.8, 4) is 5.75 Å². The summed E-state index contributed by atoms with van der Waals surface area (Å²) in [6.45, 7) is 3.61. The highest BCUT2D eigenvalue weighted by atomic mass is 32.1. The van der Waals surface area contributed by atoms with Crippen molar-refractivity contribution < 1.29 is 9.53 Å². The largest absolute Gasteiger partial charge is 0.497 e. The summed E-state index contributed by atoms with van der Waals surface area (Å²) in [5.74, 6) is 0.832. The van der Waals surface area contributed by atoms with E-state index < -0.39 is 0 Å². The molecule has 2 heterocycles. The average Bonchev–Trinajstić information content (AvgIpc) is 3.23. The van der Waals surface area contributed by atoms with Crippen molar-refractivity contribution in [3.63, 3.8) is 0 Å². The molecule has 2 aromatic rings. The molecule has 1 aromatic carbocycles. The highest BCUT2D eigenvalue weighted by Gasteiger charge is 2.23. The Bertz CT molecular complexity index is 712. The fourth-order valence-corrected chi connectivity index (χ4v) is 3.89. The second-order valence-corrected chi connectivity index (χ2v) is 7.60. The van der Waals surface area contributed by atoms with E-state index in [4.69, 9.17) is 4.74 Å². The first kappa shape index (κ1) is 19.4. The number of amides is 2. The van der Waals surface area contributed by atoms with E-state index in [9.17, 15) is 4.79 Å². The number of aromatic nitrogens is 1. The first-order valence-electron chi connectivity index (χ1n) is 9.06. The number of nitrogens with zero attached hydrogens (tertiary/aromatic N) is 4. The van der Waals surface area contributed by atoms with Crippen LogP contribution in [0.1, 0.15) is 11.6 Å². The van der Waals surface area contributed by atoms with E-state index in [2.05, 4.69) is 20.1 Å². The summed E-state index contributed by atoms with van der Waals surface area (Å²) < 4.78 is 5.22. The van der Waals surface area contributed by atoms with Crippen LogP contribution in [-0.2, 0) is 0 Å². The third kappa shape index (κ3) is 4.90. The number of rotatable bonds is 6. The molecule has 1 saturated heterocycles. The smallest absolute Gasteiger partial charge is 0.317 e. The van der Waals surface area contributed by atoms with Gasteiger partial charge in [0.05, 0.1) is 13.2 Å². The Morgan fingerprint density at radius 2 is 1.96 bits per heavy atom. The molecule has 0 aliphatic carbocycles. The second kappa shape index (κ2) is 9.05. The minimum absolute atomic E-state index is 0.00542. The lowest BCUT2D eigenvalue weighted by Gasteiger charge is -2.35. The minimum Gasteiger partial charge on any atom is -0.497 e. The molecule has 1 N–H and O–H groups in total. The van der Waals surface area contributed by atoms with E-state index in [1.807, 2.05) is 54.8 Å². The van der Waals surface area contributed by atoms with Crippen molar-refractivity contribution in [1.29, 1.82) is 0 Å². The van der Waals surface area contributed by atoms with Crippen molar-refractivity contribution in [1.82, 2.24) is 20.1 Å². The van der Waals surface area contributed by atoms with E-state index in [0.717, 1.165) is 29.5 Å². The number of likely N-dealkylation sites (N-methyl/N-ethyl adjacent to an activating group) is 1. The van der Waals surface area contributed by atoms with Crippen molar-refractivity contribution in [2.24, 2.45) is 0 Å². The van der Waals surface area contributed by atoms with Gasteiger partial charge in [-0.3, -0.25) is 0 Å². The van der Waals surface area contributed by atoms with Crippen LogP contribution in [0.15, 0.2) is 35.8 Å².